The average molecular weight is 543 g/mol. The number of halogens is 2. The number of ether oxygens (including phenoxy) is 2. The van der Waals surface area contributed by atoms with Crippen LogP contribution >= 0.6 is 31.9 Å². The van der Waals surface area contributed by atoms with Crippen molar-refractivity contribution in [1.82, 2.24) is 5.32 Å². The molecule has 1 atom stereocenters. The van der Waals surface area contributed by atoms with Crippen LogP contribution in [0.3, 0.4) is 0 Å². The second-order valence-electron chi connectivity index (χ2n) is 7.06. The Morgan fingerprint density at radius 3 is 2.45 bits per heavy atom. The molecule has 2 aromatic rings. The maximum absolute atomic E-state index is 13.4. The van der Waals surface area contributed by atoms with Crippen LogP contribution in [0.4, 0.5) is 0 Å². The van der Waals surface area contributed by atoms with Crippen molar-refractivity contribution < 1.29 is 19.1 Å². The van der Waals surface area contributed by atoms with Crippen molar-refractivity contribution in [3.8, 4) is 18.1 Å². The lowest BCUT2D eigenvalue weighted by molar-refractivity contribution is -0.136. The highest BCUT2D eigenvalue weighted by molar-refractivity contribution is 9.11. The fourth-order valence-electron chi connectivity index (χ4n) is 4.04. The fraction of sp³-hybridized carbons (Fsp3) is 0.167. The summed E-state index contributed by atoms with van der Waals surface area (Å²) in [6.45, 7) is 1.92. The molecular weight excluding hydrogens is 526 g/mol. The molecule has 1 heterocycles. The summed E-state index contributed by atoms with van der Waals surface area (Å²) < 4.78 is 12.0. The summed E-state index contributed by atoms with van der Waals surface area (Å²) in [6.07, 6.45) is 5.31. The number of allylic oxidation sites excluding steroid dienone is 2. The van der Waals surface area contributed by atoms with Gasteiger partial charge in [0, 0.05) is 28.3 Å². The van der Waals surface area contributed by atoms with Crippen molar-refractivity contribution in [2.75, 3.05) is 13.7 Å². The van der Waals surface area contributed by atoms with Crippen LogP contribution in [0.25, 0.3) is 5.70 Å². The molecule has 31 heavy (non-hydrogen) atoms. The van der Waals surface area contributed by atoms with Crippen LogP contribution < -0.4 is 10.1 Å². The van der Waals surface area contributed by atoms with Gasteiger partial charge in [-0.05, 0) is 56.5 Å². The Labute approximate surface area is 196 Å². The molecule has 156 valence electrons. The Morgan fingerprint density at radius 2 is 1.84 bits per heavy atom. The topological polar surface area (TPSA) is 64.6 Å². The summed E-state index contributed by atoms with van der Waals surface area (Å²) in [6, 6.07) is 11.1. The maximum Gasteiger partial charge on any atom is 0.336 e. The normalized spacial score (nSPS) is 17.0. The number of methoxy groups -OCH3 is 1. The van der Waals surface area contributed by atoms with Crippen molar-refractivity contribution in [2.45, 2.75) is 12.8 Å². The van der Waals surface area contributed by atoms with Gasteiger partial charge in [-0.15, -0.1) is 6.42 Å². The smallest absolute Gasteiger partial charge is 0.336 e. The lowest BCUT2D eigenvalue weighted by atomic mass is 9.80. The number of ketones is 1. The summed E-state index contributed by atoms with van der Waals surface area (Å²) in [5.74, 6) is 1.76. The number of carbonyl (C=O) groups is 2. The lowest BCUT2D eigenvalue weighted by Gasteiger charge is -2.29. The van der Waals surface area contributed by atoms with E-state index in [4.69, 9.17) is 15.9 Å². The minimum atomic E-state index is -0.613. The number of esters is 1. The number of rotatable bonds is 4. The van der Waals surface area contributed by atoms with E-state index in [1.807, 2.05) is 37.3 Å². The Kier molecular flexibility index (Phi) is 5.78. The van der Waals surface area contributed by atoms with E-state index >= 15 is 0 Å². The van der Waals surface area contributed by atoms with E-state index in [9.17, 15) is 9.59 Å². The minimum absolute atomic E-state index is 0.111. The van der Waals surface area contributed by atoms with Crippen molar-refractivity contribution in [3.05, 3.63) is 78.9 Å². The zero-order valence-electron chi connectivity index (χ0n) is 16.7. The Bertz CT molecular complexity index is 1210. The van der Waals surface area contributed by atoms with Crippen molar-refractivity contribution in [3.63, 3.8) is 0 Å². The van der Waals surface area contributed by atoms with E-state index in [1.165, 1.54) is 7.11 Å². The van der Waals surface area contributed by atoms with Gasteiger partial charge in [0.15, 0.2) is 5.78 Å². The first-order chi connectivity index (χ1) is 14.9. The Balaban J connectivity index is 1.92. The zero-order valence-corrected chi connectivity index (χ0v) is 19.9. The van der Waals surface area contributed by atoms with Crippen LogP contribution in [0, 0.1) is 12.3 Å². The monoisotopic (exact) mass is 541 g/mol. The third-order valence-electron chi connectivity index (χ3n) is 5.31. The largest absolute Gasteiger partial charge is 0.479 e. The molecular formula is C24H17Br2NO4. The molecule has 4 rings (SSSR count). The van der Waals surface area contributed by atoms with E-state index in [0.29, 0.717) is 37.1 Å². The van der Waals surface area contributed by atoms with Crippen LogP contribution in [-0.2, 0) is 9.53 Å². The molecule has 7 heteroatoms. The van der Waals surface area contributed by atoms with E-state index in [2.05, 4.69) is 43.1 Å². The zero-order chi connectivity index (χ0) is 22.3. The van der Waals surface area contributed by atoms with Crippen LogP contribution in [0.2, 0.25) is 0 Å². The van der Waals surface area contributed by atoms with Crippen molar-refractivity contribution in [1.29, 1.82) is 0 Å². The highest BCUT2D eigenvalue weighted by Gasteiger charge is 2.43. The highest BCUT2D eigenvalue weighted by atomic mass is 79.9. The van der Waals surface area contributed by atoms with Crippen molar-refractivity contribution >= 4 is 49.3 Å². The summed E-state index contributed by atoms with van der Waals surface area (Å²) >= 11 is 7.06. The number of dihydropyridines is 1. The highest BCUT2D eigenvalue weighted by Crippen LogP contribution is 2.48. The predicted molar refractivity (Wildman–Crippen MR) is 124 cm³/mol. The quantitative estimate of drug-likeness (QED) is 0.437. The molecule has 0 radical (unpaired) electrons. The molecule has 1 N–H and O–H groups in total. The van der Waals surface area contributed by atoms with E-state index in [0.717, 1.165) is 16.8 Å². The second kappa shape index (κ2) is 8.37. The predicted octanol–water partition coefficient (Wildman–Crippen LogP) is 4.97. The van der Waals surface area contributed by atoms with Crippen molar-refractivity contribution in [2.24, 2.45) is 0 Å². The molecule has 0 aromatic heterocycles. The summed E-state index contributed by atoms with van der Waals surface area (Å²) in [5, 5.41) is 3.27. The maximum atomic E-state index is 13.4. The third-order valence-corrected chi connectivity index (χ3v) is 6.49. The first-order valence-electron chi connectivity index (χ1n) is 9.38. The molecule has 1 aliphatic carbocycles. The third kappa shape index (κ3) is 3.50. The van der Waals surface area contributed by atoms with Gasteiger partial charge in [-0.3, -0.25) is 4.79 Å². The number of hydrogen-bond donors (Lipinski definition) is 1. The second-order valence-corrected chi connectivity index (χ2v) is 8.77. The molecule has 0 saturated heterocycles. The number of hydrogen-bond acceptors (Lipinski definition) is 5. The van der Waals surface area contributed by atoms with Crippen LogP contribution in [0.1, 0.15) is 34.3 Å². The van der Waals surface area contributed by atoms with Crippen LogP contribution in [0.5, 0.6) is 5.75 Å². The Hall–Kier alpha value is -2.82. The molecule has 0 fully saturated rings. The van der Waals surface area contributed by atoms with Gasteiger partial charge < -0.3 is 14.8 Å². The van der Waals surface area contributed by atoms with Gasteiger partial charge in [0.1, 0.15) is 12.4 Å². The average Bonchev–Trinajstić information content (AvgIpc) is 3.03. The van der Waals surface area contributed by atoms with Gasteiger partial charge in [0.25, 0.3) is 0 Å². The first kappa shape index (κ1) is 21.4. The van der Waals surface area contributed by atoms with Gasteiger partial charge in [-0.1, -0.05) is 30.2 Å². The van der Waals surface area contributed by atoms with E-state index < -0.39 is 11.9 Å². The summed E-state index contributed by atoms with van der Waals surface area (Å²) in [5.41, 5.74) is 4.43. The van der Waals surface area contributed by atoms with Crippen LogP contribution in [-0.4, -0.2) is 25.5 Å². The van der Waals surface area contributed by atoms with Crippen LogP contribution in [0.15, 0.2) is 62.2 Å². The molecule has 5 nitrogen and oxygen atoms in total. The number of fused-ring (bicyclic) bond motifs is 2. The number of Topliss-reactive ketones (excluding diaryl/α,β-unsaturated/α-hetero) is 1. The standard InChI is InChI=1S/C24H17Br2NO4/c1-4-9-31-23-16(25)10-13(11-17(23)26)19-18(24(29)30-3)12(2)27-21-14-7-5-6-8-15(14)22(28)20(19)21/h1,5-8,10-11,19,27H,9H2,2-3H3. The molecule has 2 aromatic carbocycles. The van der Waals surface area contributed by atoms with E-state index in [-0.39, 0.29) is 12.4 Å². The minimum Gasteiger partial charge on any atom is -0.479 e. The summed E-state index contributed by atoms with van der Waals surface area (Å²) in [4.78, 5) is 26.2. The van der Waals surface area contributed by atoms with Gasteiger partial charge >= 0.3 is 5.97 Å². The molecule has 1 aliphatic heterocycles. The molecule has 1 unspecified atom stereocenters. The SMILES string of the molecule is C#CCOc1c(Br)cc(C2C(C(=O)OC)=C(C)NC3=C2C(=O)c2ccccc23)cc1Br. The van der Waals surface area contributed by atoms with Gasteiger partial charge in [-0.25, -0.2) is 4.79 Å². The van der Waals surface area contributed by atoms with Gasteiger partial charge in [0.05, 0.1) is 27.3 Å². The molecule has 0 saturated carbocycles. The molecule has 0 amide bonds. The fourth-order valence-corrected chi connectivity index (χ4v) is 5.49. The first-order valence-corrected chi connectivity index (χ1v) is 11.0. The lowest BCUT2D eigenvalue weighted by Crippen LogP contribution is -2.29. The Morgan fingerprint density at radius 1 is 1.19 bits per heavy atom. The molecule has 0 spiro atoms. The number of nitrogens with one attached hydrogen (secondary N) is 1. The molecule has 0 bridgehead atoms. The number of terminal acetylenes is 1. The van der Waals surface area contributed by atoms with Gasteiger partial charge in [0.2, 0.25) is 0 Å². The van der Waals surface area contributed by atoms with Gasteiger partial charge in [-0.2, -0.15) is 0 Å². The number of benzene rings is 2. The summed E-state index contributed by atoms with van der Waals surface area (Å²) in [7, 11) is 1.33. The van der Waals surface area contributed by atoms with E-state index in [1.54, 1.807) is 6.07 Å². The number of carbonyl (C=O) groups excluding carboxylic acids is 2. The molecule has 2 aliphatic rings.